The highest BCUT2D eigenvalue weighted by molar-refractivity contribution is 6.14. The molecule has 0 spiro atoms. The Morgan fingerprint density at radius 1 is 0.312 bits per heavy atom. The smallest absolute Gasteiger partial charge is 0.159 e. The number of nitrogens with zero attached hydrogens (tertiary/aromatic N) is 1. The summed E-state index contributed by atoms with van der Waals surface area (Å²) >= 11 is 0. The predicted octanol–water partition coefficient (Wildman–Crippen LogP) is 15.8. The molecule has 64 heavy (non-hydrogen) atoms. The Morgan fingerprint density at radius 3 is 1.36 bits per heavy atom. The third-order valence-corrected chi connectivity index (χ3v) is 14.0. The lowest BCUT2D eigenvalue weighted by molar-refractivity contribution is 0.668. The van der Waals surface area contributed by atoms with Crippen molar-refractivity contribution in [2.45, 2.75) is 10.8 Å². The minimum atomic E-state index is -0.581. The van der Waals surface area contributed by atoms with Gasteiger partial charge in [-0.1, -0.05) is 218 Å². The molecule has 2 heteroatoms. The third-order valence-electron chi connectivity index (χ3n) is 14.0. The summed E-state index contributed by atoms with van der Waals surface area (Å²) in [7, 11) is 0. The first-order valence-electron chi connectivity index (χ1n) is 22.2. The molecular weight excluding hydrogens is 775 g/mol. The van der Waals surface area contributed by atoms with Crippen LogP contribution in [0.4, 0.5) is 17.1 Å². The minimum absolute atomic E-state index is 0.535. The molecule has 0 radical (unpaired) electrons. The molecule has 0 unspecified atom stereocenters. The van der Waals surface area contributed by atoms with Crippen LogP contribution >= 0.6 is 0 Å². The number of para-hydroxylation sites is 2. The molecule has 0 amide bonds. The molecule has 2 nitrogen and oxygen atoms in total. The SMILES string of the molecule is c1ccc(N(c2cccc3c2-c2ccccc2C3(c2ccccc2)c2ccccc2)c2cccc3c2oc2cccc(C4(c5ccccc5)c5ccccc5-c5ccccc54)c23)cc1. The Kier molecular flexibility index (Phi) is 8.07. The maximum atomic E-state index is 7.29. The summed E-state index contributed by atoms with van der Waals surface area (Å²) in [5, 5.41) is 2.20. The van der Waals surface area contributed by atoms with Crippen molar-refractivity contribution in [1.29, 1.82) is 0 Å². The fraction of sp³-hybridized carbons (Fsp3) is 0.0323. The Morgan fingerprint density at radius 2 is 0.750 bits per heavy atom. The Bertz CT molecular complexity index is 3470. The summed E-state index contributed by atoms with van der Waals surface area (Å²) < 4.78 is 7.29. The average Bonchev–Trinajstić information content (AvgIpc) is 4.01. The maximum Gasteiger partial charge on any atom is 0.159 e. The molecule has 0 saturated heterocycles. The van der Waals surface area contributed by atoms with Gasteiger partial charge in [-0.3, -0.25) is 0 Å². The molecule has 0 N–H and O–H groups in total. The van der Waals surface area contributed by atoms with E-state index in [2.05, 4.69) is 254 Å². The number of rotatable bonds is 7. The highest BCUT2D eigenvalue weighted by atomic mass is 16.3. The van der Waals surface area contributed by atoms with Crippen molar-refractivity contribution in [3.8, 4) is 22.3 Å². The lowest BCUT2D eigenvalue weighted by atomic mass is 9.66. The van der Waals surface area contributed by atoms with Gasteiger partial charge in [0.25, 0.3) is 0 Å². The van der Waals surface area contributed by atoms with Crippen LogP contribution in [0, 0.1) is 0 Å². The van der Waals surface area contributed by atoms with E-state index in [0.29, 0.717) is 0 Å². The topological polar surface area (TPSA) is 16.4 Å². The van der Waals surface area contributed by atoms with Crippen molar-refractivity contribution in [3.63, 3.8) is 0 Å². The van der Waals surface area contributed by atoms with E-state index in [1.165, 1.54) is 66.8 Å². The molecule has 1 aromatic heterocycles. The standard InChI is InChI=1S/C62H41NO/c1-5-22-42(23-6-1)61(43-24-7-2-8-25-43)52-36-18-15-32-48(52)58-53(61)37-20-39-55(58)63(45-28-11-4-12-29-45)56-40-19-33-49-59-54(38-21-41-57(59)64-60(49)56)62(44-26-9-3-10-27-44)50-34-16-13-30-46(50)47-31-14-17-35-51(47)62/h1-41H. The normalized spacial score (nSPS) is 13.9. The molecule has 0 saturated carbocycles. The number of hydrogen-bond acceptors (Lipinski definition) is 2. The lowest BCUT2D eigenvalue weighted by Gasteiger charge is -2.34. The van der Waals surface area contributed by atoms with Gasteiger partial charge >= 0.3 is 0 Å². The summed E-state index contributed by atoms with van der Waals surface area (Å²) in [4.78, 5) is 2.43. The average molecular weight is 816 g/mol. The molecule has 2 aliphatic rings. The van der Waals surface area contributed by atoms with E-state index in [1.54, 1.807) is 0 Å². The fourth-order valence-electron chi connectivity index (χ4n) is 11.6. The van der Waals surface area contributed by atoms with E-state index < -0.39 is 10.8 Å². The summed E-state index contributed by atoms with van der Waals surface area (Å²) in [6.45, 7) is 0. The monoisotopic (exact) mass is 815 g/mol. The lowest BCUT2D eigenvalue weighted by Crippen LogP contribution is -2.28. The van der Waals surface area contributed by atoms with Gasteiger partial charge in [0.05, 0.1) is 22.2 Å². The van der Waals surface area contributed by atoms with E-state index >= 15 is 0 Å². The van der Waals surface area contributed by atoms with Crippen LogP contribution < -0.4 is 4.90 Å². The summed E-state index contributed by atoms with van der Waals surface area (Å²) in [6, 6.07) is 91.0. The van der Waals surface area contributed by atoms with Gasteiger partial charge in [-0.25, -0.2) is 0 Å². The molecule has 0 atom stereocenters. The molecule has 0 fully saturated rings. The zero-order valence-electron chi connectivity index (χ0n) is 35.0. The molecule has 0 aliphatic heterocycles. The van der Waals surface area contributed by atoms with Crippen LogP contribution in [0.3, 0.4) is 0 Å². The third kappa shape index (κ3) is 4.91. The fourth-order valence-corrected chi connectivity index (χ4v) is 11.6. The van der Waals surface area contributed by atoms with E-state index in [9.17, 15) is 0 Å². The van der Waals surface area contributed by atoms with Gasteiger partial charge in [-0.2, -0.15) is 0 Å². The van der Waals surface area contributed by atoms with Gasteiger partial charge in [-0.05, 0) is 91.5 Å². The number of hydrogen-bond donors (Lipinski definition) is 0. The predicted molar refractivity (Wildman–Crippen MR) is 263 cm³/mol. The van der Waals surface area contributed by atoms with Crippen LogP contribution in [-0.4, -0.2) is 0 Å². The van der Waals surface area contributed by atoms with Gasteiger partial charge in [0.15, 0.2) is 5.58 Å². The molecule has 0 bridgehead atoms. The number of benzene rings is 10. The Balaban J connectivity index is 1.11. The first kappa shape index (κ1) is 36.5. The van der Waals surface area contributed by atoms with Crippen LogP contribution in [0.25, 0.3) is 44.2 Å². The van der Waals surface area contributed by atoms with E-state index in [-0.39, 0.29) is 0 Å². The molecule has 10 aromatic carbocycles. The number of anilines is 3. The summed E-state index contributed by atoms with van der Waals surface area (Å²) in [5.74, 6) is 0. The molecule has 1 heterocycles. The van der Waals surface area contributed by atoms with Gasteiger partial charge in [-0.15, -0.1) is 0 Å². The highest BCUT2D eigenvalue weighted by Gasteiger charge is 2.49. The van der Waals surface area contributed by atoms with Crippen molar-refractivity contribution < 1.29 is 4.42 Å². The largest absolute Gasteiger partial charge is 0.454 e. The second kappa shape index (κ2) is 14.2. The second-order valence-corrected chi connectivity index (χ2v) is 17.0. The van der Waals surface area contributed by atoms with Crippen molar-refractivity contribution in [3.05, 3.63) is 293 Å². The van der Waals surface area contributed by atoms with Crippen LogP contribution in [0.2, 0.25) is 0 Å². The molecule has 2 aliphatic carbocycles. The van der Waals surface area contributed by atoms with E-state index in [0.717, 1.165) is 39.0 Å². The quantitative estimate of drug-likeness (QED) is 0.159. The van der Waals surface area contributed by atoms with Crippen molar-refractivity contribution in [2.75, 3.05) is 4.90 Å². The first-order chi connectivity index (χ1) is 31.8. The van der Waals surface area contributed by atoms with Gasteiger partial charge in [0, 0.05) is 22.0 Å². The first-order valence-corrected chi connectivity index (χ1v) is 22.2. The van der Waals surface area contributed by atoms with Crippen molar-refractivity contribution in [2.24, 2.45) is 0 Å². The Hall–Kier alpha value is -8.20. The number of furan rings is 1. The molecule has 11 aromatic rings. The molecule has 300 valence electrons. The second-order valence-electron chi connectivity index (χ2n) is 17.0. The summed E-state index contributed by atoms with van der Waals surface area (Å²) in [5.41, 5.74) is 18.7. The number of fused-ring (bicyclic) bond motifs is 9. The van der Waals surface area contributed by atoms with Crippen LogP contribution in [0.1, 0.15) is 44.5 Å². The van der Waals surface area contributed by atoms with E-state index in [1.807, 2.05) is 0 Å². The zero-order chi connectivity index (χ0) is 42.2. The minimum Gasteiger partial charge on any atom is -0.454 e. The van der Waals surface area contributed by atoms with Gasteiger partial charge < -0.3 is 9.32 Å². The zero-order valence-corrected chi connectivity index (χ0v) is 35.0. The van der Waals surface area contributed by atoms with Crippen LogP contribution in [-0.2, 0) is 10.8 Å². The van der Waals surface area contributed by atoms with Gasteiger partial charge in [0.1, 0.15) is 5.58 Å². The highest BCUT2D eigenvalue weighted by Crippen LogP contribution is 2.61. The van der Waals surface area contributed by atoms with E-state index in [4.69, 9.17) is 4.42 Å². The van der Waals surface area contributed by atoms with Crippen LogP contribution in [0.15, 0.2) is 253 Å². The van der Waals surface area contributed by atoms with Crippen molar-refractivity contribution in [1.82, 2.24) is 0 Å². The Labute approximate surface area is 373 Å². The van der Waals surface area contributed by atoms with Gasteiger partial charge in [0.2, 0.25) is 0 Å². The maximum absolute atomic E-state index is 7.29. The van der Waals surface area contributed by atoms with Crippen molar-refractivity contribution >= 4 is 39.0 Å². The summed E-state index contributed by atoms with van der Waals surface area (Å²) in [6.07, 6.45) is 0. The van der Waals surface area contributed by atoms with Crippen LogP contribution in [0.5, 0.6) is 0 Å². The molecular formula is C62H41NO. The molecule has 13 rings (SSSR count).